The Balaban J connectivity index is 1.67. The summed E-state index contributed by atoms with van der Waals surface area (Å²) in [5, 5.41) is 3.33. The predicted octanol–water partition coefficient (Wildman–Crippen LogP) is -0.277. The van der Waals surface area contributed by atoms with E-state index in [1.165, 1.54) is 0 Å². The van der Waals surface area contributed by atoms with Gasteiger partial charge in [-0.2, -0.15) is 0 Å². The molecule has 3 rings (SSSR count). The molecule has 18 heavy (non-hydrogen) atoms. The third kappa shape index (κ3) is 2.54. The lowest BCUT2D eigenvalue weighted by Crippen LogP contribution is -2.44. The monoisotopic (exact) mass is 249 g/mol. The predicted molar refractivity (Wildman–Crippen MR) is 70.1 cm³/mol. The molecule has 6 heteroatoms. The maximum Gasteiger partial charge on any atom is 0.225 e. The van der Waals surface area contributed by atoms with Crippen molar-refractivity contribution >= 4 is 11.6 Å². The molecule has 2 fully saturated rings. The van der Waals surface area contributed by atoms with Crippen LogP contribution in [0.5, 0.6) is 0 Å². The Kier molecular flexibility index (Phi) is 3.56. The number of ether oxygens (including phenoxy) is 1. The molecule has 2 saturated heterocycles. The minimum Gasteiger partial charge on any atom is -0.378 e. The molecule has 1 aromatic heterocycles. The molecular weight excluding hydrogens is 230 g/mol. The van der Waals surface area contributed by atoms with Gasteiger partial charge in [-0.25, -0.2) is 9.97 Å². The summed E-state index contributed by atoms with van der Waals surface area (Å²) in [6, 6.07) is 0. The van der Waals surface area contributed by atoms with E-state index < -0.39 is 0 Å². The van der Waals surface area contributed by atoms with Crippen LogP contribution in [0.25, 0.3) is 0 Å². The number of morpholine rings is 1. The molecule has 2 aliphatic rings. The van der Waals surface area contributed by atoms with Gasteiger partial charge in [-0.3, -0.25) is 0 Å². The second kappa shape index (κ2) is 5.49. The van der Waals surface area contributed by atoms with Crippen LogP contribution in [-0.2, 0) is 4.74 Å². The van der Waals surface area contributed by atoms with Crippen LogP contribution in [0.15, 0.2) is 12.4 Å². The van der Waals surface area contributed by atoms with Gasteiger partial charge in [-0.1, -0.05) is 0 Å². The molecule has 1 aromatic rings. The van der Waals surface area contributed by atoms with Crippen LogP contribution < -0.4 is 15.1 Å². The van der Waals surface area contributed by atoms with E-state index in [0.29, 0.717) is 0 Å². The second-order valence-electron chi connectivity index (χ2n) is 4.58. The fourth-order valence-corrected chi connectivity index (χ4v) is 2.33. The van der Waals surface area contributed by atoms with Gasteiger partial charge < -0.3 is 19.9 Å². The van der Waals surface area contributed by atoms with E-state index in [4.69, 9.17) is 4.74 Å². The zero-order valence-electron chi connectivity index (χ0n) is 10.5. The molecule has 1 N–H and O–H groups in total. The summed E-state index contributed by atoms with van der Waals surface area (Å²) >= 11 is 0. The molecule has 98 valence electrons. The Morgan fingerprint density at radius 3 is 2.28 bits per heavy atom. The topological polar surface area (TPSA) is 53.5 Å². The summed E-state index contributed by atoms with van der Waals surface area (Å²) in [7, 11) is 0. The lowest BCUT2D eigenvalue weighted by atomic mass is 10.3. The van der Waals surface area contributed by atoms with E-state index in [2.05, 4.69) is 25.1 Å². The van der Waals surface area contributed by atoms with Crippen LogP contribution in [0.1, 0.15) is 0 Å². The Labute approximate surface area is 107 Å². The SMILES string of the molecule is c1nc(N2CCNCC2)ncc1N1CCOCC1. The highest BCUT2D eigenvalue weighted by molar-refractivity contribution is 5.45. The van der Waals surface area contributed by atoms with E-state index in [-0.39, 0.29) is 0 Å². The first kappa shape index (κ1) is 11.7. The van der Waals surface area contributed by atoms with Gasteiger partial charge in [0, 0.05) is 39.3 Å². The number of nitrogens with zero attached hydrogens (tertiary/aromatic N) is 4. The molecule has 6 nitrogen and oxygen atoms in total. The maximum atomic E-state index is 5.34. The Morgan fingerprint density at radius 2 is 1.61 bits per heavy atom. The highest BCUT2D eigenvalue weighted by Crippen LogP contribution is 2.16. The minimum absolute atomic E-state index is 0.791. The highest BCUT2D eigenvalue weighted by atomic mass is 16.5. The summed E-state index contributed by atoms with van der Waals surface area (Å²) in [6.45, 7) is 7.42. The molecule has 3 heterocycles. The van der Waals surface area contributed by atoms with Crippen molar-refractivity contribution < 1.29 is 4.74 Å². The highest BCUT2D eigenvalue weighted by Gasteiger charge is 2.15. The number of hydrogen-bond donors (Lipinski definition) is 1. The molecule has 2 aliphatic heterocycles. The van der Waals surface area contributed by atoms with Crippen LogP contribution in [0.3, 0.4) is 0 Å². The van der Waals surface area contributed by atoms with Crippen LogP contribution in [0.4, 0.5) is 11.6 Å². The molecule has 0 aliphatic carbocycles. The molecule has 0 unspecified atom stereocenters. The van der Waals surface area contributed by atoms with Crippen molar-refractivity contribution in [1.29, 1.82) is 0 Å². The smallest absolute Gasteiger partial charge is 0.225 e. The summed E-state index contributed by atoms with van der Waals surface area (Å²) in [5.74, 6) is 0.841. The van der Waals surface area contributed by atoms with E-state index in [0.717, 1.165) is 64.1 Å². The van der Waals surface area contributed by atoms with Gasteiger partial charge >= 0.3 is 0 Å². The van der Waals surface area contributed by atoms with Crippen molar-refractivity contribution in [2.75, 3.05) is 62.3 Å². The number of anilines is 2. The molecule has 0 spiro atoms. The lowest BCUT2D eigenvalue weighted by Gasteiger charge is -2.30. The fourth-order valence-electron chi connectivity index (χ4n) is 2.33. The average molecular weight is 249 g/mol. The molecule has 0 amide bonds. The van der Waals surface area contributed by atoms with Crippen molar-refractivity contribution in [3.05, 3.63) is 12.4 Å². The van der Waals surface area contributed by atoms with Crippen molar-refractivity contribution in [2.24, 2.45) is 0 Å². The zero-order chi connectivity index (χ0) is 12.2. The number of hydrogen-bond acceptors (Lipinski definition) is 6. The third-order valence-electron chi connectivity index (χ3n) is 3.40. The minimum atomic E-state index is 0.791. The third-order valence-corrected chi connectivity index (χ3v) is 3.40. The van der Waals surface area contributed by atoms with Gasteiger partial charge in [0.2, 0.25) is 5.95 Å². The van der Waals surface area contributed by atoms with Gasteiger partial charge in [0.25, 0.3) is 0 Å². The molecular formula is C12H19N5O. The quantitative estimate of drug-likeness (QED) is 0.778. The molecule has 0 atom stereocenters. The number of piperazine rings is 1. The molecule has 0 bridgehead atoms. The summed E-state index contributed by atoms with van der Waals surface area (Å²) < 4.78 is 5.34. The van der Waals surface area contributed by atoms with Crippen molar-refractivity contribution in [3.63, 3.8) is 0 Å². The second-order valence-corrected chi connectivity index (χ2v) is 4.58. The van der Waals surface area contributed by atoms with Crippen LogP contribution in [0.2, 0.25) is 0 Å². The number of nitrogens with one attached hydrogen (secondary N) is 1. The van der Waals surface area contributed by atoms with E-state index in [1.807, 2.05) is 12.4 Å². The fraction of sp³-hybridized carbons (Fsp3) is 0.667. The molecule has 0 aromatic carbocycles. The van der Waals surface area contributed by atoms with Crippen LogP contribution in [-0.4, -0.2) is 62.5 Å². The Bertz CT molecular complexity index is 334. The summed E-state index contributed by atoms with van der Waals surface area (Å²) in [4.78, 5) is 13.5. The first-order valence-corrected chi connectivity index (χ1v) is 6.54. The normalized spacial score (nSPS) is 21.1. The van der Waals surface area contributed by atoms with Crippen LogP contribution >= 0.6 is 0 Å². The largest absolute Gasteiger partial charge is 0.378 e. The van der Waals surface area contributed by atoms with E-state index >= 15 is 0 Å². The maximum absolute atomic E-state index is 5.34. The van der Waals surface area contributed by atoms with Gasteiger partial charge in [0.1, 0.15) is 0 Å². The van der Waals surface area contributed by atoms with Gasteiger partial charge in [0.05, 0.1) is 31.3 Å². The first-order valence-electron chi connectivity index (χ1n) is 6.54. The van der Waals surface area contributed by atoms with Crippen molar-refractivity contribution in [3.8, 4) is 0 Å². The summed E-state index contributed by atoms with van der Waals surface area (Å²) in [5.41, 5.74) is 1.09. The molecule has 0 saturated carbocycles. The van der Waals surface area contributed by atoms with Crippen molar-refractivity contribution in [2.45, 2.75) is 0 Å². The Hall–Kier alpha value is -1.40. The standard InChI is InChI=1S/C12H19N5O/c1-3-17(4-2-13-1)12-14-9-11(10-15-12)16-5-7-18-8-6-16/h9-10,13H,1-8H2. The number of rotatable bonds is 2. The van der Waals surface area contributed by atoms with E-state index in [9.17, 15) is 0 Å². The number of aromatic nitrogens is 2. The lowest BCUT2D eigenvalue weighted by molar-refractivity contribution is 0.122. The van der Waals surface area contributed by atoms with Crippen LogP contribution in [0, 0.1) is 0 Å². The van der Waals surface area contributed by atoms with Gasteiger partial charge in [-0.05, 0) is 0 Å². The molecule has 0 radical (unpaired) electrons. The van der Waals surface area contributed by atoms with E-state index in [1.54, 1.807) is 0 Å². The average Bonchev–Trinajstić information content (AvgIpc) is 2.49. The Morgan fingerprint density at radius 1 is 0.944 bits per heavy atom. The summed E-state index contributed by atoms with van der Waals surface area (Å²) in [6.07, 6.45) is 3.85. The zero-order valence-corrected chi connectivity index (χ0v) is 10.5. The van der Waals surface area contributed by atoms with Gasteiger partial charge in [-0.15, -0.1) is 0 Å². The first-order chi connectivity index (χ1) is 8.93. The van der Waals surface area contributed by atoms with Crippen molar-refractivity contribution in [1.82, 2.24) is 15.3 Å². The van der Waals surface area contributed by atoms with Gasteiger partial charge in [0.15, 0.2) is 0 Å².